The van der Waals surface area contributed by atoms with Crippen LogP contribution in [0.5, 0.6) is 0 Å². The highest BCUT2D eigenvalue weighted by Crippen LogP contribution is 2.24. The van der Waals surface area contributed by atoms with Gasteiger partial charge in [-0.2, -0.15) is 4.98 Å². The lowest BCUT2D eigenvalue weighted by Gasteiger charge is -2.27. The van der Waals surface area contributed by atoms with Crippen molar-refractivity contribution >= 4 is 23.2 Å². The molecule has 0 unspecified atom stereocenters. The van der Waals surface area contributed by atoms with Crippen molar-refractivity contribution in [3.05, 3.63) is 48.7 Å². The third-order valence-corrected chi connectivity index (χ3v) is 4.28. The molecule has 6 heteroatoms. The van der Waals surface area contributed by atoms with Crippen LogP contribution in [0.2, 0.25) is 0 Å². The SMILES string of the molecule is C=C(N)c1cnc(NC2CCC(N)CC2)nc1Nc1ccccc1. The summed E-state index contributed by atoms with van der Waals surface area (Å²) in [6, 6.07) is 10.5. The Labute approximate surface area is 142 Å². The van der Waals surface area contributed by atoms with Gasteiger partial charge in [0, 0.05) is 29.7 Å². The summed E-state index contributed by atoms with van der Waals surface area (Å²) in [6.07, 6.45) is 5.85. The first-order chi connectivity index (χ1) is 11.6. The van der Waals surface area contributed by atoms with Crippen LogP contribution >= 0.6 is 0 Å². The minimum atomic E-state index is 0.321. The predicted molar refractivity (Wildman–Crippen MR) is 98.8 cm³/mol. The van der Waals surface area contributed by atoms with E-state index in [-0.39, 0.29) is 0 Å². The lowest BCUT2D eigenvalue weighted by atomic mass is 9.92. The molecule has 6 N–H and O–H groups in total. The van der Waals surface area contributed by atoms with Gasteiger partial charge in [0.2, 0.25) is 5.95 Å². The van der Waals surface area contributed by atoms with E-state index in [1.165, 1.54) is 0 Å². The first-order valence-corrected chi connectivity index (χ1v) is 8.28. The maximum atomic E-state index is 5.96. The minimum absolute atomic E-state index is 0.321. The third-order valence-electron chi connectivity index (χ3n) is 4.28. The van der Waals surface area contributed by atoms with Gasteiger partial charge in [0.25, 0.3) is 0 Å². The summed E-state index contributed by atoms with van der Waals surface area (Å²) in [4.78, 5) is 8.98. The molecule has 0 saturated heterocycles. The van der Waals surface area contributed by atoms with Crippen LogP contribution < -0.4 is 22.1 Å². The van der Waals surface area contributed by atoms with Crippen molar-refractivity contribution in [1.82, 2.24) is 9.97 Å². The molecule has 1 aliphatic rings. The molecule has 0 atom stereocenters. The van der Waals surface area contributed by atoms with Crippen molar-refractivity contribution < 1.29 is 0 Å². The number of benzene rings is 1. The van der Waals surface area contributed by atoms with Crippen LogP contribution in [0.1, 0.15) is 31.2 Å². The number of aromatic nitrogens is 2. The van der Waals surface area contributed by atoms with Crippen LogP contribution in [0, 0.1) is 0 Å². The van der Waals surface area contributed by atoms with E-state index in [9.17, 15) is 0 Å². The molecule has 1 fully saturated rings. The van der Waals surface area contributed by atoms with Crippen LogP contribution in [0.4, 0.5) is 17.5 Å². The summed E-state index contributed by atoms with van der Waals surface area (Å²) in [5.41, 5.74) is 13.9. The quantitative estimate of drug-likeness (QED) is 0.674. The second-order valence-corrected chi connectivity index (χ2v) is 6.23. The maximum Gasteiger partial charge on any atom is 0.224 e. The van der Waals surface area contributed by atoms with E-state index >= 15 is 0 Å². The molecule has 3 rings (SSSR count). The number of nitrogens with zero attached hydrogens (tertiary/aromatic N) is 2. The average Bonchev–Trinajstić information content (AvgIpc) is 2.58. The molecule has 0 spiro atoms. The van der Waals surface area contributed by atoms with Crippen molar-refractivity contribution in [2.45, 2.75) is 37.8 Å². The molecule has 24 heavy (non-hydrogen) atoms. The van der Waals surface area contributed by atoms with Crippen molar-refractivity contribution in [2.24, 2.45) is 11.5 Å². The molecule has 0 bridgehead atoms. The second-order valence-electron chi connectivity index (χ2n) is 6.23. The molecule has 2 aromatic rings. The topological polar surface area (TPSA) is 102 Å². The fraction of sp³-hybridized carbons (Fsp3) is 0.333. The Hall–Kier alpha value is -2.60. The molecule has 0 amide bonds. The summed E-state index contributed by atoms with van der Waals surface area (Å²) >= 11 is 0. The summed E-state index contributed by atoms with van der Waals surface area (Å²) in [5.74, 6) is 1.25. The number of nitrogens with one attached hydrogen (secondary N) is 2. The number of rotatable bonds is 5. The molecular weight excluding hydrogens is 300 g/mol. The average molecular weight is 324 g/mol. The fourth-order valence-electron chi connectivity index (χ4n) is 2.89. The Morgan fingerprint density at radius 3 is 2.50 bits per heavy atom. The Morgan fingerprint density at radius 1 is 1.12 bits per heavy atom. The summed E-state index contributed by atoms with van der Waals surface area (Å²) < 4.78 is 0. The maximum absolute atomic E-state index is 5.96. The molecule has 1 aromatic heterocycles. The number of nitrogens with two attached hydrogens (primary N) is 2. The van der Waals surface area contributed by atoms with Crippen molar-refractivity contribution in [3.63, 3.8) is 0 Å². The number of hydrogen-bond donors (Lipinski definition) is 4. The van der Waals surface area contributed by atoms with E-state index in [2.05, 4.69) is 27.2 Å². The first-order valence-electron chi connectivity index (χ1n) is 8.28. The van der Waals surface area contributed by atoms with Gasteiger partial charge >= 0.3 is 0 Å². The molecule has 0 aliphatic heterocycles. The van der Waals surface area contributed by atoms with Gasteiger partial charge in [0.15, 0.2) is 0 Å². The van der Waals surface area contributed by atoms with E-state index in [0.29, 0.717) is 35.1 Å². The number of hydrogen-bond acceptors (Lipinski definition) is 6. The van der Waals surface area contributed by atoms with Crippen LogP contribution in [-0.4, -0.2) is 22.1 Å². The fourth-order valence-corrected chi connectivity index (χ4v) is 2.89. The van der Waals surface area contributed by atoms with Gasteiger partial charge in [-0.15, -0.1) is 0 Å². The zero-order valence-electron chi connectivity index (χ0n) is 13.7. The largest absolute Gasteiger partial charge is 0.399 e. The number of anilines is 3. The molecule has 1 saturated carbocycles. The van der Waals surface area contributed by atoms with Crippen LogP contribution in [0.25, 0.3) is 5.70 Å². The van der Waals surface area contributed by atoms with Crippen LogP contribution in [-0.2, 0) is 0 Å². The van der Waals surface area contributed by atoms with Gasteiger partial charge in [-0.25, -0.2) is 4.98 Å². The monoisotopic (exact) mass is 324 g/mol. The van der Waals surface area contributed by atoms with E-state index in [4.69, 9.17) is 11.5 Å². The molecular formula is C18H24N6. The molecule has 1 aromatic carbocycles. The Kier molecular flexibility index (Phi) is 4.96. The third kappa shape index (κ3) is 4.02. The van der Waals surface area contributed by atoms with E-state index < -0.39 is 0 Å². The van der Waals surface area contributed by atoms with Crippen molar-refractivity contribution in [3.8, 4) is 0 Å². The molecule has 126 valence electrons. The van der Waals surface area contributed by atoms with Gasteiger partial charge in [0.05, 0.1) is 5.56 Å². The summed E-state index contributed by atoms with van der Waals surface area (Å²) in [7, 11) is 0. The smallest absolute Gasteiger partial charge is 0.224 e. The number of para-hydroxylation sites is 1. The molecule has 1 aliphatic carbocycles. The lowest BCUT2D eigenvalue weighted by molar-refractivity contribution is 0.410. The Balaban J connectivity index is 1.79. The molecule has 6 nitrogen and oxygen atoms in total. The highest BCUT2D eigenvalue weighted by atomic mass is 15.2. The second kappa shape index (κ2) is 7.31. The zero-order valence-corrected chi connectivity index (χ0v) is 13.7. The minimum Gasteiger partial charge on any atom is -0.399 e. The van der Waals surface area contributed by atoms with Gasteiger partial charge in [-0.05, 0) is 37.8 Å². The highest BCUT2D eigenvalue weighted by molar-refractivity contribution is 5.74. The standard InChI is InChI=1S/C18H24N6/c1-12(19)16-11-21-18(23-15-9-7-13(20)8-10-15)24-17(16)22-14-5-3-2-4-6-14/h2-6,11,13,15H,1,7-10,19-20H2,(H2,21,22,23,24). The Morgan fingerprint density at radius 2 is 1.83 bits per heavy atom. The van der Waals surface area contributed by atoms with Gasteiger partial charge in [-0.3, -0.25) is 0 Å². The molecule has 0 radical (unpaired) electrons. The lowest BCUT2D eigenvalue weighted by Crippen LogP contribution is -2.33. The van der Waals surface area contributed by atoms with E-state index in [1.807, 2.05) is 30.3 Å². The van der Waals surface area contributed by atoms with Crippen LogP contribution in [0.3, 0.4) is 0 Å². The van der Waals surface area contributed by atoms with Crippen molar-refractivity contribution in [1.29, 1.82) is 0 Å². The molecule has 1 heterocycles. The normalized spacial score (nSPS) is 20.4. The zero-order chi connectivity index (χ0) is 16.9. The highest BCUT2D eigenvalue weighted by Gasteiger charge is 2.19. The van der Waals surface area contributed by atoms with E-state index in [1.54, 1.807) is 6.20 Å². The Bertz CT molecular complexity index is 692. The first kappa shape index (κ1) is 16.3. The van der Waals surface area contributed by atoms with Gasteiger partial charge in [0.1, 0.15) is 5.82 Å². The van der Waals surface area contributed by atoms with Gasteiger partial charge < -0.3 is 22.1 Å². The van der Waals surface area contributed by atoms with Crippen LogP contribution in [0.15, 0.2) is 43.1 Å². The summed E-state index contributed by atoms with van der Waals surface area (Å²) in [6.45, 7) is 3.80. The van der Waals surface area contributed by atoms with E-state index in [0.717, 1.165) is 31.4 Å². The summed E-state index contributed by atoms with van der Waals surface area (Å²) in [5, 5.41) is 6.69. The van der Waals surface area contributed by atoms with Crippen molar-refractivity contribution in [2.75, 3.05) is 10.6 Å². The van der Waals surface area contributed by atoms with Gasteiger partial charge in [-0.1, -0.05) is 24.8 Å². The predicted octanol–water partition coefficient (Wildman–Crippen LogP) is 2.83.